The molecule has 1 aliphatic rings. The predicted octanol–water partition coefficient (Wildman–Crippen LogP) is 3.05. The lowest BCUT2D eigenvalue weighted by Crippen LogP contribution is -2.38. The first kappa shape index (κ1) is 15.6. The number of rotatable bonds is 5. The van der Waals surface area contributed by atoms with E-state index in [-0.39, 0.29) is 12.3 Å². The van der Waals surface area contributed by atoms with Crippen LogP contribution in [0.5, 0.6) is 0 Å². The summed E-state index contributed by atoms with van der Waals surface area (Å²) in [5, 5.41) is 9.61. The van der Waals surface area contributed by atoms with Crippen LogP contribution >= 0.6 is 0 Å². The zero-order chi connectivity index (χ0) is 15.3. The van der Waals surface area contributed by atoms with Gasteiger partial charge < -0.3 is 14.4 Å². The Bertz CT molecular complexity index is 472. The van der Waals surface area contributed by atoms with Crippen LogP contribution in [0.25, 0.3) is 0 Å². The zero-order valence-corrected chi connectivity index (χ0v) is 12.5. The number of carbonyl (C=O) groups excluding carboxylic acids is 1. The van der Waals surface area contributed by atoms with E-state index in [1.54, 1.807) is 24.3 Å². The van der Waals surface area contributed by atoms with E-state index < -0.39 is 11.4 Å². The molecular weight excluding hydrogens is 270 g/mol. The van der Waals surface area contributed by atoms with E-state index >= 15 is 0 Å². The van der Waals surface area contributed by atoms with Gasteiger partial charge in [-0.3, -0.25) is 9.59 Å². The maximum Gasteiger partial charge on any atom is 0.310 e. The van der Waals surface area contributed by atoms with Crippen molar-refractivity contribution in [2.75, 3.05) is 7.05 Å². The molecule has 0 aromatic carbocycles. The second-order valence-electron chi connectivity index (χ2n) is 6.01. The fourth-order valence-electron chi connectivity index (χ4n) is 3.02. The Morgan fingerprint density at radius 2 is 1.95 bits per heavy atom. The molecule has 5 nitrogen and oxygen atoms in total. The van der Waals surface area contributed by atoms with Crippen molar-refractivity contribution in [3.05, 3.63) is 24.2 Å². The molecule has 1 N–H and O–H groups in total. The van der Waals surface area contributed by atoms with Gasteiger partial charge in [0, 0.05) is 13.5 Å². The van der Waals surface area contributed by atoms with E-state index in [9.17, 15) is 14.7 Å². The molecule has 116 valence electrons. The van der Waals surface area contributed by atoms with Crippen LogP contribution in [0.1, 0.15) is 50.7 Å². The van der Waals surface area contributed by atoms with Crippen LogP contribution < -0.4 is 0 Å². The predicted molar refractivity (Wildman–Crippen MR) is 77.6 cm³/mol. The number of hydrogen-bond acceptors (Lipinski definition) is 3. The molecule has 1 aliphatic carbocycles. The number of aliphatic carboxylic acids is 1. The Kier molecular flexibility index (Phi) is 5.04. The Morgan fingerprint density at radius 3 is 2.48 bits per heavy atom. The zero-order valence-electron chi connectivity index (χ0n) is 12.5. The van der Waals surface area contributed by atoms with Crippen molar-refractivity contribution in [1.29, 1.82) is 0 Å². The van der Waals surface area contributed by atoms with Gasteiger partial charge in [-0.15, -0.1) is 0 Å². The summed E-state index contributed by atoms with van der Waals surface area (Å²) in [6, 6.07) is 3.58. The first-order chi connectivity index (χ1) is 10.0. The Hall–Kier alpha value is -1.78. The van der Waals surface area contributed by atoms with Crippen LogP contribution in [0.3, 0.4) is 0 Å². The molecule has 0 bridgehead atoms. The first-order valence-corrected chi connectivity index (χ1v) is 7.53. The van der Waals surface area contributed by atoms with Crippen LogP contribution in [0.2, 0.25) is 0 Å². The number of carbonyl (C=O) groups is 2. The van der Waals surface area contributed by atoms with Crippen LogP contribution in [-0.4, -0.2) is 28.9 Å². The lowest BCUT2D eigenvalue weighted by Gasteiger charge is -2.29. The number of hydrogen-bond donors (Lipinski definition) is 1. The maximum atomic E-state index is 12.4. The van der Waals surface area contributed by atoms with Crippen molar-refractivity contribution in [1.82, 2.24) is 4.90 Å². The fraction of sp³-hybridized carbons (Fsp3) is 0.625. The van der Waals surface area contributed by atoms with Gasteiger partial charge in [-0.2, -0.15) is 0 Å². The van der Waals surface area contributed by atoms with Crippen LogP contribution in [0.4, 0.5) is 0 Å². The van der Waals surface area contributed by atoms with Gasteiger partial charge in [0.1, 0.15) is 5.76 Å². The van der Waals surface area contributed by atoms with Crippen molar-refractivity contribution in [3.63, 3.8) is 0 Å². The van der Waals surface area contributed by atoms with E-state index in [1.165, 1.54) is 0 Å². The van der Waals surface area contributed by atoms with Gasteiger partial charge in [0.2, 0.25) is 5.91 Å². The van der Waals surface area contributed by atoms with Crippen molar-refractivity contribution in [2.24, 2.45) is 5.41 Å². The highest BCUT2D eigenvalue weighted by Gasteiger charge is 2.41. The largest absolute Gasteiger partial charge is 0.481 e. The summed E-state index contributed by atoms with van der Waals surface area (Å²) < 4.78 is 5.23. The molecule has 0 aliphatic heterocycles. The normalized spacial score (nSPS) is 18.0. The minimum atomic E-state index is -0.884. The molecule has 0 saturated heterocycles. The third kappa shape index (κ3) is 3.86. The molecule has 2 rings (SSSR count). The number of nitrogens with zero attached hydrogens (tertiary/aromatic N) is 1. The Morgan fingerprint density at radius 1 is 1.29 bits per heavy atom. The van der Waals surface area contributed by atoms with Crippen LogP contribution in [-0.2, 0) is 16.1 Å². The van der Waals surface area contributed by atoms with E-state index in [1.807, 2.05) is 6.07 Å². The summed E-state index contributed by atoms with van der Waals surface area (Å²) in [6.45, 7) is 0.377. The Labute approximate surface area is 124 Å². The summed E-state index contributed by atoms with van der Waals surface area (Å²) >= 11 is 0. The first-order valence-electron chi connectivity index (χ1n) is 7.53. The van der Waals surface area contributed by atoms with Gasteiger partial charge in [0.15, 0.2) is 0 Å². The molecule has 5 heteroatoms. The molecule has 0 unspecified atom stereocenters. The third-order valence-electron chi connectivity index (χ3n) is 4.40. The maximum absolute atomic E-state index is 12.4. The van der Waals surface area contributed by atoms with Gasteiger partial charge in [-0.25, -0.2) is 0 Å². The second kappa shape index (κ2) is 6.78. The molecular formula is C16H23NO4. The standard InChI is InChI=1S/C16H23NO4/c1-17(12-13-7-6-10-21-13)14(18)11-16(15(19)20)8-4-2-3-5-9-16/h6-7,10H,2-5,8-9,11-12H2,1H3,(H,19,20). The SMILES string of the molecule is CN(Cc1ccco1)C(=O)CC1(C(=O)O)CCCCCC1. The van der Waals surface area contributed by atoms with Gasteiger partial charge in [-0.05, 0) is 25.0 Å². The molecule has 0 radical (unpaired) electrons. The highest BCUT2D eigenvalue weighted by molar-refractivity contribution is 5.84. The van der Waals surface area contributed by atoms with Crippen molar-refractivity contribution in [3.8, 4) is 0 Å². The van der Waals surface area contributed by atoms with Gasteiger partial charge >= 0.3 is 5.97 Å². The smallest absolute Gasteiger partial charge is 0.310 e. The lowest BCUT2D eigenvalue weighted by atomic mass is 9.77. The molecule has 1 aromatic heterocycles. The molecule has 1 saturated carbocycles. The lowest BCUT2D eigenvalue weighted by molar-refractivity contribution is -0.154. The van der Waals surface area contributed by atoms with Crippen molar-refractivity contribution < 1.29 is 19.1 Å². The quantitative estimate of drug-likeness (QED) is 0.847. The van der Waals surface area contributed by atoms with Gasteiger partial charge in [0.25, 0.3) is 0 Å². The van der Waals surface area contributed by atoms with E-state index in [2.05, 4.69) is 0 Å². The minimum absolute atomic E-state index is 0.0829. The summed E-state index contributed by atoms with van der Waals surface area (Å²) in [5.74, 6) is -0.254. The highest BCUT2D eigenvalue weighted by atomic mass is 16.4. The Balaban J connectivity index is 2.02. The average molecular weight is 293 g/mol. The fourth-order valence-corrected chi connectivity index (χ4v) is 3.02. The third-order valence-corrected chi connectivity index (χ3v) is 4.40. The molecule has 1 aromatic rings. The number of amides is 1. The van der Waals surface area contributed by atoms with E-state index in [0.29, 0.717) is 25.1 Å². The monoisotopic (exact) mass is 293 g/mol. The number of furan rings is 1. The average Bonchev–Trinajstić information content (AvgIpc) is 2.83. The van der Waals surface area contributed by atoms with Gasteiger partial charge in [-0.1, -0.05) is 25.7 Å². The molecule has 1 amide bonds. The summed E-state index contributed by atoms with van der Waals surface area (Å²) in [7, 11) is 1.69. The molecule has 0 atom stereocenters. The molecule has 1 fully saturated rings. The second-order valence-corrected chi connectivity index (χ2v) is 6.01. The molecule has 0 spiro atoms. The van der Waals surface area contributed by atoms with Gasteiger partial charge in [0.05, 0.1) is 18.2 Å². The van der Waals surface area contributed by atoms with E-state index in [0.717, 1.165) is 25.7 Å². The molecule has 1 heterocycles. The minimum Gasteiger partial charge on any atom is -0.481 e. The highest BCUT2D eigenvalue weighted by Crippen LogP contribution is 2.39. The summed E-state index contributed by atoms with van der Waals surface area (Å²) in [5.41, 5.74) is -0.884. The molecule has 21 heavy (non-hydrogen) atoms. The van der Waals surface area contributed by atoms with Crippen LogP contribution in [0.15, 0.2) is 22.8 Å². The van der Waals surface area contributed by atoms with Crippen LogP contribution in [0, 0.1) is 5.41 Å². The van der Waals surface area contributed by atoms with Crippen molar-refractivity contribution >= 4 is 11.9 Å². The summed E-state index contributed by atoms with van der Waals surface area (Å²) in [6.07, 6.45) is 6.75. The van der Waals surface area contributed by atoms with Crippen molar-refractivity contribution in [2.45, 2.75) is 51.5 Å². The van der Waals surface area contributed by atoms with E-state index in [4.69, 9.17) is 4.42 Å². The topological polar surface area (TPSA) is 70.8 Å². The number of carboxylic acid groups (broad SMARTS) is 1. The summed E-state index contributed by atoms with van der Waals surface area (Å²) in [4.78, 5) is 25.6. The number of carboxylic acids is 1.